The molecule has 0 bridgehead atoms. The molecule has 5 nitrogen and oxygen atoms in total. The number of benzene rings is 3. The number of hydrazone groups is 1. The predicted octanol–water partition coefficient (Wildman–Crippen LogP) is 5.41. The van der Waals surface area contributed by atoms with E-state index in [1.165, 1.54) is 0 Å². The van der Waals surface area contributed by atoms with Gasteiger partial charge in [-0.2, -0.15) is 5.10 Å². The first kappa shape index (κ1) is 21.7. The van der Waals surface area contributed by atoms with E-state index in [0.29, 0.717) is 28.2 Å². The molecule has 7 heteroatoms. The van der Waals surface area contributed by atoms with E-state index < -0.39 is 0 Å². The Morgan fingerprint density at radius 3 is 2.53 bits per heavy atom. The third kappa shape index (κ3) is 6.51. The number of nitrogens with zero attached hydrogens (tertiary/aromatic N) is 1. The number of hydrogen-bond acceptors (Lipinski definition) is 4. The molecular formula is C23H20Cl2N2O3. The molecule has 0 aromatic heterocycles. The molecule has 1 amide bonds. The van der Waals surface area contributed by atoms with Crippen molar-refractivity contribution in [3.05, 3.63) is 93.5 Å². The van der Waals surface area contributed by atoms with Crippen LogP contribution in [0.2, 0.25) is 10.0 Å². The van der Waals surface area contributed by atoms with Gasteiger partial charge in [-0.15, -0.1) is 0 Å². The fourth-order valence-electron chi connectivity index (χ4n) is 2.52. The Labute approximate surface area is 185 Å². The molecule has 0 aliphatic rings. The van der Waals surface area contributed by atoms with E-state index in [-0.39, 0.29) is 12.5 Å². The summed E-state index contributed by atoms with van der Waals surface area (Å²) in [6.45, 7) is 2.14. The summed E-state index contributed by atoms with van der Waals surface area (Å²) < 4.78 is 11.2. The molecule has 3 aromatic carbocycles. The number of aryl methyl sites for hydroxylation is 1. The van der Waals surface area contributed by atoms with E-state index in [9.17, 15) is 4.79 Å². The zero-order chi connectivity index (χ0) is 21.3. The van der Waals surface area contributed by atoms with Crippen LogP contribution in [0.4, 0.5) is 0 Å². The van der Waals surface area contributed by atoms with Crippen molar-refractivity contribution in [2.45, 2.75) is 13.5 Å². The molecule has 0 heterocycles. The first-order chi connectivity index (χ1) is 14.5. The summed E-state index contributed by atoms with van der Waals surface area (Å²) in [6, 6.07) is 20.1. The van der Waals surface area contributed by atoms with Gasteiger partial charge in [0.25, 0.3) is 5.91 Å². The van der Waals surface area contributed by atoms with E-state index in [4.69, 9.17) is 32.7 Å². The number of amides is 1. The van der Waals surface area contributed by atoms with Crippen LogP contribution in [0.1, 0.15) is 16.7 Å². The van der Waals surface area contributed by atoms with Gasteiger partial charge in [-0.3, -0.25) is 4.79 Å². The Morgan fingerprint density at radius 1 is 1.03 bits per heavy atom. The molecule has 3 aromatic rings. The van der Waals surface area contributed by atoms with E-state index in [2.05, 4.69) is 10.5 Å². The minimum atomic E-state index is -0.339. The van der Waals surface area contributed by atoms with Gasteiger partial charge in [-0.1, -0.05) is 47.5 Å². The van der Waals surface area contributed by atoms with Crippen molar-refractivity contribution in [3.8, 4) is 11.5 Å². The van der Waals surface area contributed by atoms with E-state index in [1.54, 1.807) is 18.3 Å². The lowest BCUT2D eigenvalue weighted by Crippen LogP contribution is -2.24. The topological polar surface area (TPSA) is 59.9 Å². The highest BCUT2D eigenvalue weighted by molar-refractivity contribution is 6.35. The molecule has 154 valence electrons. The standard InChI is InChI=1S/C23H20Cl2N2O3/c1-16-4-2-3-5-22(16)30-15-23(28)27-26-13-17-6-10-20(11-7-17)29-14-18-8-9-19(24)12-21(18)25/h2-13H,14-15H2,1H3,(H,27,28)/b26-13+. The monoisotopic (exact) mass is 442 g/mol. The molecule has 0 radical (unpaired) electrons. The van der Waals surface area contributed by atoms with Crippen LogP contribution < -0.4 is 14.9 Å². The number of carbonyl (C=O) groups excluding carboxylic acids is 1. The van der Waals surface area contributed by atoms with Crippen molar-refractivity contribution in [1.29, 1.82) is 0 Å². The quantitative estimate of drug-likeness (QED) is 0.374. The van der Waals surface area contributed by atoms with E-state index in [0.717, 1.165) is 16.7 Å². The maximum atomic E-state index is 11.9. The number of carbonyl (C=O) groups is 1. The van der Waals surface area contributed by atoms with Gasteiger partial charge in [0.15, 0.2) is 6.61 Å². The molecular weight excluding hydrogens is 423 g/mol. The molecule has 0 unspecified atom stereocenters. The van der Waals surface area contributed by atoms with Gasteiger partial charge in [-0.25, -0.2) is 5.43 Å². The number of halogens is 2. The van der Waals surface area contributed by atoms with Crippen molar-refractivity contribution in [2.75, 3.05) is 6.61 Å². The third-order valence-corrected chi connectivity index (χ3v) is 4.73. The first-order valence-electron chi connectivity index (χ1n) is 9.18. The molecule has 0 aliphatic carbocycles. The predicted molar refractivity (Wildman–Crippen MR) is 120 cm³/mol. The maximum absolute atomic E-state index is 11.9. The van der Waals surface area contributed by atoms with Crippen molar-refractivity contribution in [2.24, 2.45) is 5.10 Å². The second-order valence-electron chi connectivity index (χ2n) is 6.44. The summed E-state index contributed by atoms with van der Waals surface area (Å²) in [4.78, 5) is 11.9. The molecule has 1 N–H and O–H groups in total. The van der Waals surface area contributed by atoms with Crippen LogP contribution in [0.3, 0.4) is 0 Å². The highest BCUT2D eigenvalue weighted by Crippen LogP contribution is 2.22. The maximum Gasteiger partial charge on any atom is 0.277 e. The highest BCUT2D eigenvalue weighted by Gasteiger charge is 2.04. The van der Waals surface area contributed by atoms with Crippen molar-refractivity contribution >= 4 is 35.3 Å². The summed E-state index contributed by atoms with van der Waals surface area (Å²) >= 11 is 12.0. The zero-order valence-electron chi connectivity index (χ0n) is 16.3. The van der Waals surface area contributed by atoms with Gasteiger partial charge < -0.3 is 9.47 Å². The molecule has 30 heavy (non-hydrogen) atoms. The summed E-state index contributed by atoms with van der Waals surface area (Å²) in [6.07, 6.45) is 1.55. The van der Waals surface area contributed by atoms with Gasteiger partial charge in [0, 0.05) is 15.6 Å². The Kier molecular flexibility index (Phi) is 7.71. The molecule has 0 atom stereocenters. The van der Waals surface area contributed by atoms with Crippen LogP contribution in [-0.4, -0.2) is 18.7 Å². The number of para-hydroxylation sites is 1. The lowest BCUT2D eigenvalue weighted by atomic mass is 10.2. The Bertz CT molecular complexity index is 1040. The second-order valence-corrected chi connectivity index (χ2v) is 7.28. The second kappa shape index (κ2) is 10.7. The van der Waals surface area contributed by atoms with E-state index in [1.807, 2.05) is 61.5 Å². The van der Waals surface area contributed by atoms with Crippen molar-refractivity contribution in [3.63, 3.8) is 0 Å². The fourth-order valence-corrected chi connectivity index (χ4v) is 2.99. The molecule has 0 spiro atoms. The molecule has 0 saturated carbocycles. The zero-order valence-corrected chi connectivity index (χ0v) is 17.8. The molecule has 0 saturated heterocycles. The Hall–Kier alpha value is -3.02. The molecule has 3 rings (SSSR count). The average Bonchev–Trinajstić information content (AvgIpc) is 2.73. The van der Waals surface area contributed by atoms with Gasteiger partial charge >= 0.3 is 0 Å². The third-order valence-electron chi connectivity index (χ3n) is 4.14. The van der Waals surface area contributed by atoms with Crippen molar-refractivity contribution < 1.29 is 14.3 Å². The minimum Gasteiger partial charge on any atom is -0.489 e. The SMILES string of the molecule is Cc1ccccc1OCC(=O)N/N=C/c1ccc(OCc2ccc(Cl)cc2Cl)cc1. The summed E-state index contributed by atoms with van der Waals surface area (Å²) in [5.41, 5.74) is 5.07. The van der Waals surface area contributed by atoms with Gasteiger partial charge in [0.2, 0.25) is 0 Å². The van der Waals surface area contributed by atoms with Crippen LogP contribution in [0.15, 0.2) is 71.8 Å². The lowest BCUT2D eigenvalue weighted by Gasteiger charge is -2.08. The van der Waals surface area contributed by atoms with E-state index >= 15 is 0 Å². The highest BCUT2D eigenvalue weighted by atomic mass is 35.5. The van der Waals surface area contributed by atoms with Crippen LogP contribution in [0.5, 0.6) is 11.5 Å². The summed E-state index contributed by atoms with van der Waals surface area (Å²) in [5, 5.41) is 5.09. The van der Waals surface area contributed by atoms with Crippen LogP contribution in [0, 0.1) is 6.92 Å². The van der Waals surface area contributed by atoms with Gasteiger partial charge in [0.1, 0.15) is 18.1 Å². The Morgan fingerprint density at radius 2 is 1.80 bits per heavy atom. The fraction of sp³-hybridized carbons (Fsp3) is 0.130. The smallest absolute Gasteiger partial charge is 0.277 e. The number of nitrogens with one attached hydrogen (secondary N) is 1. The summed E-state index contributed by atoms with van der Waals surface area (Å²) in [5.74, 6) is 1.02. The van der Waals surface area contributed by atoms with Crippen LogP contribution >= 0.6 is 23.2 Å². The number of rotatable bonds is 8. The summed E-state index contributed by atoms with van der Waals surface area (Å²) in [7, 11) is 0. The van der Waals surface area contributed by atoms with Gasteiger partial charge in [0.05, 0.1) is 6.21 Å². The number of ether oxygens (including phenoxy) is 2. The average molecular weight is 443 g/mol. The number of hydrogen-bond donors (Lipinski definition) is 1. The minimum absolute atomic E-state index is 0.109. The van der Waals surface area contributed by atoms with Gasteiger partial charge in [-0.05, 0) is 60.5 Å². The molecule has 0 aliphatic heterocycles. The Balaban J connectivity index is 1.45. The first-order valence-corrected chi connectivity index (χ1v) is 9.94. The van der Waals surface area contributed by atoms with Crippen LogP contribution in [-0.2, 0) is 11.4 Å². The molecule has 0 fully saturated rings. The lowest BCUT2D eigenvalue weighted by molar-refractivity contribution is -0.123. The van der Waals surface area contributed by atoms with Crippen molar-refractivity contribution in [1.82, 2.24) is 5.43 Å². The van der Waals surface area contributed by atoms with Crippen LogP contribution in [0.25, 0.3) is 0 Å². The normalized spacial score (nSPS) is 10.8. The largest absolute Gasteiger partial charge is 0.489 e.